The quantitative estimate of drug-likeness (QED) is 0.829. The number of rotatable bonds is 4. The van der Waals surface area contributed by atoms with E-state index in [9.17, 15) is 4.79 Å². The SMILES string of the molecule is C[C@H](C(=O)Nc1ccccc1)[N+](C)(C)C1CCCC1. The molecule has 1 amide bonds. The van der Waals surface area contributed by atoms with Crippen molar-refractivity contribution in [3.63, 3.8) is 0 Å². The van der Waals surface area contributed by atoms with Crippen molar-refractivity contribution in [2.24, 2.45) is 0 Å². The smallest absolute Gasteiger partial charge is 0.282 e. The summed E-state index contributed by atoms with van der Waals surface area (Å²) in [4.78, 5) is 12.4. The Kier molecular flexibility index (Phi) is 4.25. The number of nitrogens with zero attached hydrogens (tertiary/aromatic N) is 1. The van der Waals surface area contributed by atoms with Crippen molar-refractivity contribution in [3.05, 3.63) is 30.3 Å². The number of hydrogen-bond donors (Lipinski definition) is 1. The molecule has 1 N–H and O–H groups in total. The van der Waals surface area contributed by atoms with Gasteiger partial charge in [0.15, 0.2) is 6.04 Å². The van der Waals surface area contributed by atoms with Gasteiger partial charge in [-0.1, -0.05) is 18.2 Å². The highest BCUT2D eigenvalue weighted by Crippen LogP contribution is 2.29. The van der Waals surface area contributed by atoms with Crippen LogP contribution in [0.2, 0.25) is 0 Å². The maximum Gasteiger partial charge on any atom is 0.282 e. The van der Waals surface area contributed by atoms with Gasteiger partial charge < -0.3 is 9.80 Å². The molecule has 0 aromatic heterocycles. The second-order valence-electron chi connectivity index (χ2n) is 6.10. The molecule has 104 valence electrons. The van der Waals surface area contributed by atoms with Crippen LogP contribution in [0.1, 0.15) is 32.6 Å². The lowest BCUT2D eigenvalue weighted by atomic mass is 10.1. The maximum absolute atomic E-state index is 12.4. The molecule has 2 rings (SSSR count). The first-order chi connectivity index (χ1) is 9.01. The molecule has 1 saturated carbocycles. The molecule has 0 bridgehead atoms. The van der Waals surface area contributed by atoms with Crippen molar-refractivity contribution in [2.75, 3.05) is 19.4 Å². The summed E-state index contributed by atoms with van der Waals surface area (Å²) >= 11 is 0. The van der Waals surface area contributed by atoms with E-state index in [1.54, 1.807) is 0 Å². The summed E-state index contributed by atoms with van der Waals surface area (Å²) in [6.45, 7) is 2.04. The summed E-state index contributed by atoms with van der Waals surface area (Å²) in [5.41, 5.74) is 0.880. The number of anilines is 1. The second-order valence-corrected chi connectivity index (χ2v) is 6.10. The number of carbonyl (C=O) groups is 1. The molecule has 0 radical (unpaired) electrons. The monoisotopic (exact) mass is 261 g/mol. The minimum absolute atomic E-state index is 0.0247. The van der Waals surface area contributed by atoms with Crippen molar-refractivity contribution in [2.45, 2.75) is 44.7 Å². The van der Waals surface area contributed by atoms with Gasteiger partial charge in [-0.15, -0.1) is 0 Å². The van der Waals surface area contributed by atoms with Crippen LogP contribution in [-0.2, 0) is 4.79 Å². The lowest BCUT2D eigenvalue weighted by Gasteiger charge is -2.40. The third kappa shape index (κ3) is 3.16. The molecule has 1 aromatic rings. The highest BCUT2D eigenvalue weighted by Gasteiger charge is 2.39. The minimum atomic E-state index is -0.0247. The van der Waals surface area contributed by atoms with Crippen LogP contribution in [0.25, 0.3) is 0 Å². The van der Waals surface area contributed by atoms with Gasteiger partial charge in [-0.2, -0.15) is 0 Å². The predicted molar refractivity (Wildman–Crippen MR) is 78.9 cm³/mol. The maximum atomic E-state index is 12.4. The van der Waals surface area contributed by atoms with E-state index in [0.29, 0.717) is 6.04 Å². The number of para-hydroxylation sites is 1. The molecule has 0 unspecified atom stereocenters. The highest BCUT2D eigenvalue weighted by atomic mass is 16.2. The Morgan fingerprint density at radius 3 is 2.37 bits per heavy atom. The van der Waals surface area contributed by atoms with E-state index in [0.717, 1.165) is 10.2 Å². The van der Waals surface area contributed by atoms with E-state index in [-0.39, 0.29) is 11.9 Å². The Hall–Kier alpha value is -1.35. The molecule has 0 saturated heterocycles. The van der Waals surface area contributed by atoms with Gasteiger partial charge in [-0.3, -0.25) is 4.79 Å². The summed E-state index contributed by atoms with van der Waals surface area (Å²) in [5.74, 6) is 0.114. The van der Waals surface area contributed by atoms with Crippen molar-refractivity contribution in [1.29, 1.82) is 0 Å². The fraction of sp³-hybridized carbons (Fsp3) is 0.562. The van der Waals surface area contributed by atoms with Crippen LogP contribution < -0.4 is 5.32 Å². The number of benzene rings is 1. The number of carbonyl (C=O) groups excluding carboxylic acids is 1. The van der Waals surface area contributed by atoms with Gasteiger partial charge in [0.2, 0.25) is 0 Å². The number of quaternary nitrogens is 1. The largest absolute Gasteiger partial charge is 0.321 e. The van der Waals surface area contributed by atoms with Gasteiger partial charge in [0, 0.05) is 5.69 Å². The Morgan fingerprint density at radius 2 is 1.79 bits per heavy atom. The molecule has 1 aromatic carbocycles. The van der Waals surface area contributed by atoms with Crippen LogP contribution in [-0.4, -0.2) is 36.6 Å². The fourth-order valence-corrected chi connectivity index (χ4v) is 2.96. The molecular weight excluding hydrogens is 236 g/mol. The molecular formula is C16H25N2O+. The van der Waals surface area contributed by atoms with Gasteiger partial charge in [-0.25, -0.2) is 0 Å². The molecule has 0 heterocycles. The predicted octanol–water partition coefficient (Wildman–Crippen LogP) is 3.03. The number of likely N-dealkylation sites (N-methyl/N-ethyl adjacent to an activating group) is 1. The molecule has 0 spiro atoms. The number of hydrogen-bond acceptors (Lipinski definition) is 1. The fourth-order valence-electron chi connectivity index (χ4n) is 2.96. The van der Waals surface area contributed by atoms with Crippen molar-refractivity contribution < 1.29 is 9.28 Å². The van der Waals surface area contributed by atoms with Gasteiger partial charge >= 0.3 is 0 Å². The van der Waals surface area contributed by atoms with Crippen LogP contribution in [0, 0.1) is 0 Å². The number of nitrogens with one attached hydrogen (secondary N) is 1. The average Bonchev–Trinajstić information content (AvgIpc) is 2.93. The first kappa shape index (κ1) is 14.1. The van der Waals surface area contributed by atoms with E-state index in [2.05, 4.69) is 19.4 Å². The van der Waals surface area contributed by atoms with E-state index in [1.807, 2.05) is 37.3 Å². The molecule has 19 heavy (non-hydrogen) atoms. The van der Waals surface area contributed by atoms with Crippen LogP contribution in [0.3, 0.4) is 0 Å². The Bertz CT molecular complexity index is 422. The van der Waals surface area contributed by atoms with Gasteiger partial charge in [-0.05, 0) is 44.7 Å². The van der Waals surface area contributed by atoms with E-state index < -0.39 is 0 Å². The molecule has 1 aliphatic carbocycles. The molecule has 1 atom stereocenters. The Labute approximate surface area is 116 Å². The standard InChI is InChI=1S/C16H24N2O/c1-13(18(2,3)15-11-7-8-12-15)16(19)17-14-9-5-4-6-10-14/h4-6,9-10,13,15H,7-8,11-12H2,1-3H3/p+1/t13-/m1/s1. The lowest BCUT2D eigenvalue weighted by Crippen LogP contribution is -2.57. The first-order valence-corrected chi connectivity index (χ1v) is 7.21. The van der Waals surface area contributed by atoms with E-state index in [4.69, 9.17) is 0 Å². The zero-order chi connectivity index (χ0) is 13.9. The third-order valence-corrected chi connectivity index (χ3v) is 4.68. The third-order valence-electron chi connectivity index (χ3n) is 4.68. The summed E-state index contributed by atoms with van der Waals surface area (Å²) in [6, 6.07) is 10.3. The van der Waals surface area contributed by atoms with Crippen molar-refractivity contribution >= 4 is 11.6 Å². The Balaban J connectivity index is 2.02. The zero-order valence-electron chi connectivity index (χ0n) is 12.2. The lowest BCUT2D eigenvalue weighted by molar-refractivity contribution is -0.927. The molecule has 0 aliphatic heterocycles. The van der Waals surface area contributed by atoms with Crippen molar-refractivity contribution in [3.8, 4) is 0 Å². The minimum Gasteiger partial charge on any atom is -0.321 e. The topological polar surface area (TPSA) is 29.1 Å². The Morgan fingerprint density at radius 1 is 1.21 bits per heavy atom. The molecule has 3 heteroatoms. The summed E-state index contributed by atoms with van der Waals surface area (Å²) in [5, 5.41) is 3.02. The van der Waals surface area contributed by atoms with Crippen molar-refractivity contribution in [1.82, 2.24) is 0 Å². The highest BCUT2D eigenvalue weighted by molar-refractivity contribution is 5.93. The normalized spacial score (nSPS) is 18.3. The molecule has 1 aliphatic rings. The van der Waals surface area contributed by atoms with Crippen LogP contribution in [0.15, 0.2) is 30.3 Å². The van der Waals surface area contributed by atoms with Gasteiger partial charge in [0.25, 0.3) is 5.91 Å². The van der Waals surface area contributed by atoms with Crippen LogP contribution >= 0.6 is 0 Å². The van der Waals surface area contributed by atoms with Gasteiger partial charge in [0.05, 0.1) is 20.1 Å². The summed E-state index contributed by atoms with van der Waals surface area (Å²) in [7, 11) is 4.37. The zero-order valence-corrected chi connectivity index (χ0v) is 12.2. The summed E-state index contributed by atoms with van der Waals surface area (Å²) in [6.07, 6.45) is 5.10. The molecule has 1 fully saturated rings. The second kappa shape index (κ2) is 5.74. The van der Waals surface area contributed by atoms with Crippen LogP contribution in [0.4, 0.5) is 5.69 Å². The number of amides is 1. The van der Waals surface area contributed by atoms with E-state index >= 15 is 0 Å². The summed E-state index contributed by atoms with van der Waals surface area (Å²) < 4.78 is 0.790. The van der Waals surface area contributed by atoms with Gasteiger partial charge in [0.1, 0.15) is 0 Å². The van der Waals surface area contributed by atoms with Crippen LogP contribution in [0.5, 0.6) is 0 Å². The average molecular weight is 261 g/mol. The van der Waals surface area contributed by atoms with E-state index in [1.165, 1.54) is 25.7 Å². The molecule has 3 nitrogen and oxygen atoms in total. The first-order valence-electron chi connectivity index (χ1n) is 7.21.